The van der Waals surface area contributed by atoms with Gasteiger partial charge in [-0.3, -0.25) is 4.79 Å². The highest BCUT2D eigenvalue weighted by Crippen LogP contribution is 2.34. The van der Waals surface area contributed by atoms with Crippen molar-refractivity contribution < 1.29 is 18.8 Å². The number of ether oxygens (including phenoxy) is 2. The maximum Gasteiger partial charge on any atom is 0.312 e. The topological polar surface area (TPSA) is 74.5 Å². The molecule has 2 atom stereocenters. The second-order valence-electron chi connectivity index (χ2n) is 5.79. The summed E-state index contributed by atoms with van der Waals surface area (Å²) in [5, 5.41) is 3.68. The molecule has 6 heteroatoms. The van der Waals surface area contributed by atoms with Gasteiger partial charge in [0.1, 0.15) is 0 Å². The van der Waals surface area contributed by atoms with Gasteiger partial charge in [0.2, 0.25) is 0 Å². The van der Waals surface area contributed by atoms with E-state index in [-0.39, 0.29) is 24.6 Å². The highest BCUT2D eigenvalue weighted by atomic mass is 16.6. The quantitative estimate of drug-likeness (QED) is 0.807. The molecule has 1 aliphatic heterocycles. The summed E-state index contributed by atoms with van der Waals surface area (Å²) in [6.45, 7) is 4.41. The number of hydrogen-bond acceptors (Lipinski definition) is 6. The number of aromatic nitrogens is 2. The van der Waals surface area contributed by atoms with Crippen LogP contribution in [0.25, 0.3) is 0 Å². The zero-order valence-electron chi connectivity index (χ0n) is 13.3. The fourth-order valence-corrected chi connectivity index (χ4v) is 2.75. The smallest absolute Gasteiger partial charge is 0.312 e. The van der Waals surface area contributed by atoms with Crippen LogP contribution in [0, 0.1) is 19.8 Å². The molecule has 0 bridgehead atoms. The van der Waals surface area contributed by atoms with Gasteiger partial charge in [0.05, 0.1) is 12.0 Å². The SMILES string of the molecule is Cc1ccc([C@H]2OCCC[C@H]2C(=O)OCc2nc(C)no2)cc1. The molecular weight excluding hydrogens is 296 g/mol. The first-order valence-corrected chi connectivity index (χ1v) is 7.77. The average Bonchev–Trinajstić information content (AvgIpc) is 2.99. The minimum atomic E-state index is -0.310. The molecule has 0 unspecified atom stereocenters. The van der Waals surface area contributed by atoms with Crippen molar-refractivity contribution in [3.63, 3.8) is 0 Å². The van der Waals surface area contributed by atoms with E-state index in [2.05, 4.69) is 10.1 Å². The predicted octanol–water partition coefficient (Wildman–Crippen LogP) is 2.90. The van der Waals surface area contributed by atoms with Crippen LogP contribution in [-0.2, 0) is 20.9 Å². The molecule has 1 saturated heterocycles. The van der Waals surface area contributed by atoms with Crippen LogP contribution >= 0.6 is 0 Å². The summed E-state index contributed by atoms with van der Waals surface area (Å²) < 4.78 is 16.1. The lowest BCUT2D eigenvalue weighted by atomic mass is 9.89. The number of esters is 1. The van der Waals surface area contributed by atoms with Crippen LogP contribution in [0.1, 0.15) is 41.8 Å². The van der Waals surface area contributed by atoms with Gasteiger partial charge in [-0.1, -0.05) is 35.0 Å². The largest absolute Gasteiger partial charge is 0.455 e. The molecule has 0 amide bonds. The normalized spacial score (nSPS) is 21.1. The van der Waals surface area contributed by atoms with E-state index in [9.17, 15) is 4.79 Å². The molecule has 0 radical (unpaired) electrons. The van der Waals surface area contributed by atoms with Gasteiger partial charge in [-0.25, -0.2) is 0 Å². The first-order chi connectivity index (χ1) is 11.1. The van der Waals surface area contributed by atoms with Crippen LogP contribution in [0.5, 0.6) is 0 Å². The van der Waals surface area contributed by atoms with Gasteiger partial charge >= 0.3 is 5.97 Å². The maximum absolute atomic E-state index is 12.4. The fourth-order valence-electron chi connectivity index (χ4n) is 2.75. The van der Waals surface area contributed by atoms with Crippen molar-refractivity contribution in [1.29, 1.82) is 0 Å². The van der Waals surface area contributed by atoms with E-state index in [0.717, 1.165) is 18.4 Å². The van der Waals surface area contributed by atoms with Crippen molar-refractivity contribution in [3.8, 4) is 0 Å². The molecule has 6 nitrogen and oxygen atoms in total. The van der Waals surface area contributed by atoms with Gasteiger partial charge in [-0.05, 0) is 32.3 Å². The van der Waals surface area contributed by atoms with E-state index in [0.29, 0.717) is 18.3 Å². The van der Waals surface area contributed by atoms with Gasteiger partial charge < -0.3 is 14.0 Å². The molecule has 1 fully saturated rings. The molecular formula is C17H20N2O4. The zero-order valence-corrected chi connectivity index (χ0v) is 13.3. The van der Waals surface area contributed by atoms with Gasteiger partial charge in [0.15, 0.2) is 12.4 Å². The zero-order chi connectivity index (χ0) is 16.2. The highest BCUT2D eigenvalue weighted by Gasteiger charge is 2.34. The summed E-state index contributed by atoms with van der Waals surface area (Å²) in [7, 11) is 0. The fraction of sp³-hybridized carbons (Fsp3) is 0.471. The third-order valence-corrected chi connectivity index (χ3v) is 3.94. The van der Waals surface area contributed by atoms with Gasteiger partial charge in [0.25, 0.3) is 5.89 Å². The minimum absolute atomic E-state index is 0.00318. The minimum Gasteiger partial charge on any atom is -0.455 e. The Labute approximate surface area is 134 Å². The predicted molar refractivity (Wildman–Crippen MR) is 81.4 cm³/mol. The molecule has 0 spiro atoms. The summed E-state index contributed by atoms with van der Waals surface area (Å²) in [4.78, 5) is 16.5. The molecule has 0 aliphatic carbocycles. The van der Waals surface area contributed by atoms with Crippen LogP contribution in [0.2, 0.25) is 0 Å². The van der Waals surface area contributed by atoms with Crippen LogP contribution in [-0.4, -0.2) is 22.7 Å². The first-order valence-electron chi connectivity index (χ1n) is 7.77. The number of rotatable bonds is 4. The lowest BCUT2D eigenvalue weighted by molar-refractivity contribution is -0.160. The Morgan fingerprint density at radius 3 is 2.78 bits per heavy atom. The molecule has 3 rings (SSSR count). The lowest BCUT2D eigenvalue weighted by Crippen LogP contribution is -2.30. The molecule has 0 N–H and O–H groups in total. The van der Waals surface area contributed by atoms with E-state index in [4.69, 9.17) is 14.0 Å². The molecule has 2 aromatic rings. The Morgan fingerprint density at radius 2 is 2.09 bits per heavy atom. The number of aryl methyl sites for hydroxylation is 2. The van der Waals surface area contributed by atoms with E-state index in [1.807, 2.05) is 31.2 Å². The van der Waals surface area contributed by atoms with Crippen molar-refractivity contribution in [1.82, 2.24) is 10.1 Å². The number of carbonyl (C=O) groups excluding carboxylic acids is 1. The maximum atomic E-state index is 12.4. The first kappa shape index (κ1) is 15.7. The second-order valence-corrected chi connectivity index (χ2v) is 5.79. The number of nitrogens with zero attached hydrogens (tertiary/aromatic N) is 2. The molecule has 1 aliphatic rings. The van der Waals surface area contributed by atoms with Crippen LogP contribution < -0.4 is 0 Å². The highest BCUT2D eigenvalue weighted by molar-refractivity contribution is 5.73. The molecule has 122 valence electrons. The van der Waals surface area contributed by atoms with Crippen molar-refractivity contribution in [2.75, 3.05) is 6.61 Å². The second kappa shape index (κ2) is 6.91. The summed E-state index contributed by atoms with van der Waals surface area (Å²) in [6, 6.07) is 8.06. The summed E-state index contributed by atoms with van der Waals surface area (Å²) in [5.74, 6) is 0.232. The monoisotopic (exact) mass is 316 g/mol. The van der Waals surface area contributed by atoms with E-state index in [1.54, 1.807) is 6.92 Å². The number of hydrogen-bond donors (Lipinski definition) is 0. The van der Waals surface area contributed by atoms with Crippen molar-refractivity contribution in [3.05, 3.63) is 47.1 Å². The summed E-state index contributed by atoms with van der Waals surface area (Å²) >= 11 is 0. The third-order valence-electron chi connectivity index (χ3n) is 3.94. The molecule has 2 heterocycles. The van der Waals surface area contributed by atoms with Crippen LogP contribution in [0.15, 0.2) is 28.8 Å². The molecule has 23 heavy (non-hydrogen) atoms. The van der Waals surface area contributed by atoms with Crippen LogP contribution in [0.4, 0.5) is 0 Å². The molecule has 1 aromatic carbocycles. The van der Waals surface area contributed by atoms with Gasteiger partial charge in [0, 0.05) is 6.61 Å². The summed E-state index contributed by atoms with van der Waals surface area (Å²) in [6.07, 6.45) is 1.34. The summed E-state index contributed by atoms with van der Waals surface area (Å²) in [5.41, 5.74) is 2.18. The average molecular weight is 316 g/mol. The number of carbonyl (C=O) groups is 1. The van der Waals surface area contributed by atoms with Crippen molar-refractivity contribution in [2.24, 2.45) is 5.92 Å². The molecule has 0 saturated carbocycles. The van der Waals surface area contributed by atoms with E-state index < -0.39 is 0 Å². The molecule has 1 aromatic heterocycles. The Hall–Kier alpha value is -2.21. The van der Waals surface area contributed by atoms with E-state index >= 15 is 0 Å². The lowest BCUT2D eigenvalue weighted by Gasteiger charge is -2.30. The van der Waals surface area contributed by atoms with Crippen molar-refractivity contribution in [2.45, 2.75) is 39.4 Å². The van der Waals surface area contributed by atoms with Gasteiger partial charge in [-0.15, -0.1) is 0 Å². The third kappa shape index (κ3) is 3.76. The van der Waals surface area contributed by atoms with Crippen molar-refractivity contribution >= 4 is 5.97 Å². The Bertz CT molecular complexity index is 665. The van der Waals surface area contributed by atoms with Crippen LogP contribution in [0.3, 0.4) is 0 Å². The number of benzene rings is 1. The Kier molecular flexibility index (Phi) is 4.71. The van der Waals surface area contributed by atoms with Gasteiger partial charge in [-0.2, -0.15) is 4.98 Å². The van der Waals surface area contributed by atoms with E-state index in [1.165, 1.54) is 5.56 Å². The Balaban J connectivity index is 1.67. The standard InChI is InChI=1S/C17H20N2O4/c1-11-5-7-13(8-6-11)16-14(4-3-9-21-16)17(20)22-10-15-18-12(2)19-23-15/h5-8,14,16H,3-4,9-10H2,1-2H3/t14-,16-/m1/s1. The Morgan fingerprint density at radius 1 is 1.30 bits per heavy atom.